The van der Waals surface area contributed by atoms with Gasteiger partial charge < -0.3 is 14.8 Å². The standard InChI is InChI=1S/C13H9F4NO3/c14-9-2-1-7(13(15,16)17)5-10(9)18-6-11-8(12(19)20)3-4-21-11/h1-5,18H,6H2,(H,19,20). The van der Waals surface area contributed by atoms with Crippen LogP contribution in [0.3, 0.4) is 0 Å². The number of alkyl halides is 3. The molecule has 21 heavy (non-hydrogen) atoms. The summed E-state index contributed by atoms with van der Waals surface area (Å²) in [7, 11) is 0. The minimum atomic E-state index is -4.60. The van der Waals surface area contributed by atoms with Crippen LogP contribution in [0.25, 0.3) is 0 Å². The van der Waals surface area contributed by atoms with Crippen LogP contribution in [-0.2, 0) is 12.7 Å². The van der Waals surface area contributed by atoms with Gasteiger partial charge in [0.25, 0.3) is 0 Å². The van der Waals surface area contributed by atoms with E-state index in [1.165, 1.54) is 6.07 Å². The van der Waals surface area contributed by atoms with Gasteiger partial charge in [-0.05, 0) is 24.3 Å². The Morgan fingerprint density at radius 2 is 2.00 bits per heavy atom. The van der Waals surface area contributed by atoms with Crippen molar-refractivity contribution in [3.8, 4) is 0 Å². The molecule has 0 saturated heterocycles. The molecule has 1 aromatic carbocycles. The van der Waals surface area contributed by atoms with Gasteiger partial charge in [-0.2, -0.15) is 13.2 Å². The second-order valence-corrected chi connectivity index (χ2v) is 4.11. The van der Waals surface area contributed by atoms with E-state index in [4.69, 9.17) is 9.52 Å². The Balaban J connectivity index is 2.20. The molecule has 0 aliphatic carbocycles. The van der Waals surface area contributed by atoms with Crippen LogP contribution in [0.5, 0.6) is 0 Å². The molecule has 0 amide bonds. The van der Waals surface area contributed by atoms with Gasteiger partial charge in [0, 0.05) is 0 Å². The lowest BCUT2D eigenvalue weighted by atomic mass is 10.2. The Hall–Kier alpha value is -2.51. The molecule has 2 N–H and O–H groups in total. The van der Waals surface area contributed by atoms with E-state index >= 15 is 0 Å². The van der Waals surface area contributed by atoms with Crippen molar-refractivity contribution in [3.05, 3.63) is 53.2 Å². The van der Waals surface area contributed by atoms with Crippen LogP contribution in [0.1, 0.15) is 21.7 Å². The maximum atomic E-state index is 13.5. The van der Waals surface area contributed by atoms with Gasteiger partial charge in [-0.1, -0.05) is 0 Å². The van der Waals surface area contributed by atoms with Crippen molar-refractivity contribution in [2.24, 2.45) is 0 Å². The zero-order valence-electron chi connectivity index (χ0n) is 10.4. The molecule has 0 bridgehead atoms. The molecule has 0 fully saturated rings. The number of hydrogen-bond donors (Lipinski definition) is 2. The number of halogens is 4. The summed E-state index contributed by atoms with van der Waals surface area (Å²) in [6.07, 6.45) is -3.47. The number of carbonyl (C=O) groups is 1. The molecule has 112 valence electrons. The van der Waals surface area contributed by atoms with Gasteiger partial charge >= 0.3 is 12.1 Å². The molecular weight excluding hydrogens is 294 g/mol. The lowest BCUT2D eigenvalue weighted by Crippen LogP contribution is -2.09. The fourth-order valence-electron chi connectivity index (χ4n) is 1.68. The molecule has 1 heterocycles. The average molecular weight is 303 g/mol. The number of benzene rings is 1. The van der Waals surface area contributed by atoms with Gasteiger partial charge in [-0.3, -0.25) is 0 Å². The summed E-state index contributed by atoms with van der Waals surface area (Å²) in [4.78, 5) is 10.8. The van der Waals surface area contributed by atoms with Crippen molar-refractivity contribution in [1.82, 2.24) is 0 Å². The third-order valence-electron chi connectivity index (χ3n) is 2.71. The summed E-state index contributed by atoms with van der Waals surface area (Å²) in [5, 5.41) is 11.2. The molecule has 8 heteroatoms. The summed E-state index contributed by atoms with van der Waals surface area (Å²) in [6, 6.07) is 3.11. The number of carboxylic acid groups (broad SMARTS) is 1. The average Bonchev–Trinajstić information content (AvgIpc) is 2.85. The first-order valence-electron chi connectivity index (χ1n) is 5.69. The van der Waals surface area contributed by atoms with E-state index in [1.807, 2.05) is 0 Å². The van der Waals surface area contributed by atoms with Crippen LogP contribution in [-0.4, -0.2) is 11.1 Å². The van der Waals surface area contributed by atoms with Crippen LogP contribution in [0.15, 0.2) is 34.9 Å². The van der Waals surface area contributed by atoms with E-state index in [0.29, 0.717) is 18.2 Å². The summed E-state index contributed by atoms with van der Waals surface area (Å²) in [5.74, 6) is -2.14. The van der Waals surface area contributed by atoms with Gasteiger partial charge in [0.15, 0.2) is 0 Å². The van der Waals surface area contributed by atoms with Crippen LogP contribution in [0, 0.1) is 5.82 Å². The second-order valence-electron chi connectivity index (χ2n) is 4.11. The SMILES string of the molecule is O=C(O)c1ccoc1CNc1cc(C(F)(F)F)ccc1F. The van der Waals surface area contributed by atoms with E-state index < -0.39 is 29.2 Å². The van der Waals surface area contributed by atoms with Crippen molar-refractivity contribution < 1.29 is 31.9 Å². The van der Waals surface area contributed by atoms with Crippen molar-refractivity contribution in [2.75, 3.05) is 5.32 Å². The van der Waals surface area contributed by atoms with Gasteiger partial charge in [0.05, 0.1) is 24.1 Å². The van der Waals surface area contributed by atoms with Crippen molar-refractivity contribution in [1.29, 1.82) is 0 Å². The summed E-state index contributed by atoms with van der Waals surface area (Å²) in [5.41, 5.74) is -1.54. The van der Waals surface area contributed by atoms with Crippen molar-refractivity contribution >= 4 is 11.7 Å². The Labute approximate surface area is 116 Å². The zero-order valence-corrected chi connectivity index (χ0v) is 10.4. The van der Waals surface area contributed by atoms with E-state index in [2.05, 4.69) is 5.32 Å². The molecule has 0 aliphatic rings. The summed E-state index contributed by atoms with van der Waals surface area (Å²) < 4.78 is 56.0. The minimum absolute atomic E-state index is 0.0145. The Morgan fingerprint density at radius 1 is 1.29 bits per heavy atom. The number of furan rings is 1. The first kappa shape index (κ1) is 14.9. The van der Waals surface area contributed by atoms with Crippen molar-refractivity contribution in [2.45, 2.75) is 12.7 Å². The Kier molecular flexibility index (Phi) is 3.88. The first-order valence-corrected chi connectivity index (χ1v) is 5.69. The molecule has 4 nitrogen and oxygen atoms in total. The third kappa shape index (κ3) is 3.33. The smallest absolute Gasteiger partial charge is 0.416 e. The summed E-state index contributed by atoms with van der Waals surface area (Å²) in [6.45, 7) is -0.257. The van der Waals surface area contributed by atoms with E-state index in [1.54, 1.807) is 0 Å². The molecule has 0 aliphatic heterocycles. The van der Waals surface area contributed by atoms with Gasteiger partial charge in [-0.15, -0.1) is 0 Å². The highest BCUT2D eigenvalue weighted by molar-refractivity contribution is 5.88. The minimum Gasteiger partial charge on any atom is -0.478 e. The van der Waals surface area contributed by atoms with Gasteiger partial charge in [-0.25, -0.2) is 9.18 Å². The van der Waals surface area contributed by atoms with Gasteiger partial charge in [0.1, 0.15) is 17.1 Å². The van der Waals surface area contributed by atoms with Crippen LogP contribution in [0.2, 0.25) is 0 Å². The highest BCUT2D eigenvalue weighted by Gasteiger charge is 2.31. The highest BCUT2D eigenvalue weighted by atomic mass is 19.4. The fraction of sp³-hybridized carbons (Fsp3) is 0.154. The topological polar surface area (TPSA) is 62.5 Å². The molecule has 0 radical (unpaired) electrons. The predicted molar refractivity (Wildman–Crippen MR) is 64.4 cm³/mol. The third-order valence-corrected chi connectivity index (χ3v) is 2.71. The largest absolute Gasteiger partial charge is 0.478 e. The monoisotopic (exact) mass is 303 g/mol. The zero-order chi connectivity index (χ0) is 15.6. The molecular formula is C13H9F4NO3. The number of hydrogen-bond acceptors (Lipinski definition) is 3. The molecule has 0 spiro atoms. The molecule has 0 atom stereocenters. The summed E-state index contributed by atoms with van der Waals surface area (Å²) >= 11 is 0. The van der Waals surface area contributed by atoms with Crippen LogP contribution < -0.4 is 5.32 Å². The van der Waals surface area contributed by atoms with E-state index in [0.717, 1.165) is 6.26 Å². The van der Waals surface area contributed by atoms with Crippen LogP contribution in [0.4, 0.5) is 23.2 Å². The van der Waals surface area contributed by atoms with Gasteiger partial charge in [0.2, 0.25) is 0 Å². The van der Waals surface area contributed by atoms with Crippen molar-refractivity contribution in [3.63, 3.8) is 0 Å². The molecule has 2 rings (SSSR count). The normalized spacial score (nSPS) is 11.4. The fourth-order valence-corrected chi connectivity index (χ4v) is 1.68. The maximum Gasteiger partial charge on any atom is 0.416 e. The molecule has 0 saturated carbocycles. The molecule has 2 aromatic rings. The number of aromatic carboxylic acids is 1. The molecule has 1 aromatic heterocycles. The predicted octanol–water partition coefficient (Wildman–Crippen LogP) is 3.75. The quantitative estimate of drug-likeness (QED) is 0.844. The molecule has 0 unspecified atom stereocenters. The number of anilines is 1. The Morgan fingerprint density at radius 3 is 2.62 bits per heavy atom. The lowest BCUT2D eigenvalue weighted by Gasteiger charge is -2.11. The number of carboxylic acids is 1. The number of rotatable bonds is 4. The second kappa shape index (κ2) is 5.47. The van der Waals surface area contributed by atoms with E-state index in [-0.39, 0.29) is 17.9 Å². The number of nitrogens with one attached hydrogen (secondary N) is 1. The van der Waals surface area contributed by atoms with Crippen LogP contribution >= 0.6 is 0 Å². The Bertz CT molecular complexity index is 664. The highest BCUT2D eigenvalue weighted by Crippen LogP contribution is 2.32. The maximum absolute atomic E-state index is 13.5. The first-order chi connectivity index (χ1) is 9.79. The van der Waals surface area contributed by atoms with E-state index in [9.17, 15) is 22.4 Å². The lowest BCUT2D eigenvalue weighted by molar-refractivity contribution is -0.137.